The first-order valence-electron chi connectivity index (χ1n) is 16.1. The highest BCUT2D eigenvalue weighted by Crippen LogP contribution is 2.87. The van der Waals surface area contributed by atoms with Crippen LogP contribution in [-0.4, -0.2) is 60.2 Å². The number of piperidine rings is 1. The van der Waals surface area contributed by atoms with E-state index in [1.54, 1.807) is 5.57 Å². The van der Waals surface area contributed by atoms with Crippen molar-refractivity contribution in [3.8, 4) is 0 Å². The fraction of sp³-hybridized carbons (Fsp3) is 0.939. The number of ether oxygens (including phenoxy) is 2. The van der Waals surface area contributed by atoms with Crippen LogP contribution in [0.3, 0.4) is 0 Å². The molecular formula is C33H53NO3. The lowest BCUT2D eigenvalue weighted by molar-refractivity contribution is -0.148. The molecule has 4 nitrogen and oxygen atoms in total. The Balaban J connectivity index is 1.16. The average molecular weight is 512 g/mol. The Morgan fingerprint density at radius 3 is 2.76 bits per heavy atom. The van der Waals surface area contributed by atoms with Gasteiger partial charge >= 0.3 is 0 Å². The summed E-state index contributed by atoms with van der Waals surface area (Å²) in [6.07, 6.45) is 15.0. The van der Waals surface area contributed by atoms with Crippen molar-refractivity contribution in [1.82, 2.24) is 4.90 Å². The second-order valence-electron chi connectivity index (χ2n) is 15.3. The molecule has 2 spiro atoms. The van der Waals surface area contributed by atoms with E-state index in [2.05, 4.69) is 45.6 Å². The van der Waals surface area contributed by atoms with Crippen molar-refractivity contribution in [3.05, 3.63) is 11.6 Å². The molecule has 2 heterocycles. The van der Waals surface area contributed by atoms with Gasteiger partial charge < -0.3 is 14.6 Å². The van der Waals surface area contributed by atoms with E-state index >= 15 is 0 Å². The molecule has 2 saturated heterocycles. The van der Waals surface area contributed by atoms with Crippen molar-refractivity contribution in [2.45, 2.75) is 123 Å². The van der Waals surface area contributed by atoms with Gasteiger partial charge in [-0.25, -0.2) is 0 Å². The number of hydrogen-bond acceptors (Lipinski definition) is 4. The summed E-state index contributed by atoms with van der Waals surface area (Å²) in [5.74, 6) is 3.90. The van der Waals surface area contributed by atoms with Gasteiger partial charge in [-0.05, 0) is 98.7 Å². The minimum absolute atomic E-state index is 0.0568. The summed E-state index contributed by atoms with van der Waals surface area (Å²) in [6, 6.07) is 0.558. The van der Waals surface area contributed by atoms with E-state index in [9.17, 15) is 5.11 Å². The van der Waals surface area contributed by atoms with Crippen LogP contribution >= 0.6 is 0 Å². The molecule has 0 aromatic heterocycles. The van der Waals surface area contributed by atoms with Crippen LogP contribution in [0.2, 0.25) is 0 Å². The molecule has 6 fully saturated rings. The summed E-state index contributed by atoms with van der Waals surface area (Å²) in [6.45, 7) is 16.5. The Hall–Kier alpha value is -0.420. The summed E-state index contributed by atoms with van der Waals surface area (Å²) < 4.78 is 13.4. The minimum atomic E-state index is -0.204. The molecule has 208 valence electrons. The van der Waals surface area contributed by atoms with Gasteiger partial charge in [0.25, 0.3) is 0 Å². The monoisotopic (exact) mass is 511 g/mol. The van der Waals surface area contributed by atoms with Gasteiger partial charge in [-0.1, -0.05) is 46.3 Å². The number of allylic oxidation sites excluding steroid dienone is 1. The summed E-state index contributed by atoms with van der Waals surface area (Å²) in [5, 5.41) is 10.4. The highest BCUT2D eigenvalue weighted by Gasteiger charge is 2.84. The van der Waals surface area contributed by atoms with E-state index < -0.39 is 0 Å². The number of hydrogen-bond donors (Lipinski definition) is 1. The van der Waals surface area contributed by atoms with Crippen molar-refractivity contribution < 1.29 is 14.6 Å². The zero-order valence-corrected chi connectivity index (χ0v) is 24.3. The molecule has 7 rings (SSSR count). The van der Waals surface area contributed by atoms with E-state index in [-0.39, 0.29) is 11.7 Å². The lowest BCUT2D eigenvalue weighted by Gasteiger charge is -2.50. The molecule has 1 N–H and O–H groups in total. The van der Waals surface area contributed by atoms with Gasteiger partial charge in [0.2, 0.25) is 0 Å². The van der Waals surface area contributed by atoms with Crippen LogP contribution in [0.4, 0.5) is 0 Å². The molecule has 5 aliphatic carbocycles. The third kappa shape index (κ3) is 3.28. The van der Waals surface area contributed by atoms with E-state index in [0.29, 0.717) is 40.2 Å². The number of rotatable bonds is 5. The minimum Gasteiger partial charge on any atom is -0.389 e. The third-order valence-electron chi connectivity index (χ3n) is 13.8. The summed E-state index contributed by atoms with van der Waals surface area (Å²) in [4.78, 5) is 2.78. The summed E-state index contributed by atoms with van der Waals surface area (Å²) in [5.41, 5.74) is 2.81. The Kier molecular flexibility index (Phi) is 5.90. The molecule has 4 saturated carbocycles. The van der Waals surface area contributed by atoms with Gasteiger partial charge in [0, 0.05) is 37.1 Å². The third-order valence-corrected chi connectivity index (χ3v) is 13.8. The number of nitrogens with zero attached hydrogens (tertiary/aromatic N) is 1. The zero-order chi connectivity index (χ0) is 25.8. The predicted molar refractivity (Wildman–Crippen MR) is 147 cm³/mol. The van der Waals surface area contributed by atoms with Gasteiger partial charge in [0.1, 0.15) is 0 Å². The van der Waals surface area contributed by atoms with Gasteiger partial charge in [0.05, 0.1) is 24.4 Å². The van der Waals surface area contributed by atoms with Crippen molar-refractivity contribution in [3.63, 3.8) is 0 Å². The largest absolute Gasteiger partial charge is 0.389 e. The van der Waals surface area contributed by atoms with Gasteiger partial charge in [-0.15, -0.1) is 0 Å². The van der Waals surface area contributed by atoms with Crippen molar-refractivity contribution in [1.29, 1.82) is 0 Å². The van der Waals surface area contributed by atoms with Crippen molar-refractivity contribution in [2.75, 3.05) is 26.3 Å². The normalized spacial score (nSPS) is 56.2. The molecule has 12 atom stereocenters. The number of likely N-dealkylation sites (tertiary alicyclic amines) is 1. The van der Waals surface area contributed by atoms with Crippen molar-refractivity contribution >= 4 is 0 Å². The molecule has 0 bridgehead atoms. The standard InChI is InChI=1S/C33H53NO3/c1-6-14-36-15-13-34-19-21(2)16-28-29(34)22(3)33(37-28)12-10-26-25-8-7-23-17-24(35)9-11-30(23,4)27(25)18-32(26)20-31(32,33)5/h17,21-22,24-29,35H,6-16,18-20H2,1-5H3/t21-,22+,24-,25-,26-,27-,28+,29-,30-,31?,32?,33+/m0/s1. The van der Waals surface area contributed by atoms with E-state index in [0.717, 1.165) is 50.4 Å². The number of aliphatic hydroxyl groups is 1. The second-order valence-corrected chi connectivity index (χ2v) is 15.3. The molecule has 4 heteroatoms. The van der Waals surface area contributed by atoms with Crippen LogP contribution in [-0.2, 0) is 9.47 Å². The fourth-order valence-corrected chi connectivity index (χ4v) is 12.2. The maximum atomic E-state index is 10.4. The summed E-state index contributed by atoms with van der Waals surface area (Å²) in [7, 11) is 0. The molecule has 0 aromatic rings. The Morgan fingerprint density at radius 2 is 1.95 bits per heavy atom. The summed E-state index contributed by atoms with van der Waals surface area (Å²) >= 11 is 0. The maximum absolute atomic E-state index is 10.4. The highest BCUT2D eigenvalue weighted by molar-refractivity contribution is 5.35. The molecule has 0 aromatic carbocycles. The lowest BCUT2D eigenvalue weighted by Crippen LogP contribution is -2.55. The SMILES string of the molecule is CCCOCCN1C[C@@H](C)C[C@H]2O[C@]3(CC[C@H]4[C@@H]5CCC6=C[C@@H](O)CC[C@]6(C)[C@H]5CC45CC53C)[C@H](C)[C@@H]21. The maximum Gasteiger partial charge on any atom is 0.0787 e. The van der Waals surface area contributed by atoms with Crippen LogP contribution in [0.25, 0.3) is 0 Å². The van der Waals surface area contributed by atoms with E-state index in [4.69, 9.17) is 9.47 Å². The average Bonchev–Trinajstić information content (AvgIpc) is 3.20. The quantitative estimate of drug-likeness (QED) is 0.351. The smallest absolute Gasteiger partial charge is 0.0787 e. The van der Waals surface area contributed by atoms with Gasteiger partial charge in [0.15, 0.2) is 0 Å². The molecular weight excluding hydrogens is 458 g/mol. The highest BCUT2D eigenvalue weighted by atomic mass is 16.5. The predicted octanol–water partition coefficient (Wildman–Crippen LogP) is 6.22. The topological polar surface area (TPSA) is 41.9 Å². The molecule has 2 aliphatic heterocycles. The van der Waals surface area contributed by atoms with Gasteiger partial charge in [-0.3, -0.25) is 4.90 Å². The van der Waals surface area contributed by atoms with E-state index in [1.165, 1.54) is 57.9 Å². The molecule has 37 heavy (non-hydrogen) atoms. The van der Waals surface area contributed by atoms with Crippen LogP contribution in [0.15, 0.2) is 11.6 Å². The Labute approximate surface area is 225 Å². The number of fused-ring (bicyclic) bond motifs is 6. The fourth-order valence-electron chi connectivity index (χ4n) is 12.2. The Bertz CT molecular complexity index is 950. The lowest BCUT2D eigenvalue weighted by atomic mass is 9.56. The second kappa shape index (κ2) is 8.54. The van der Waals surface area contributed by atoms with Crippen LogP contribution in [0, 0.1) is 45.8 Å². The molecule has 2 unspecified atom stereocenters. The molecule has 7 aliphatic rings. The van der Waals surface area contributed by atoms with Crippen molar-refractivity contribution in [2.24, 2.45) is 45.8 Å². The van der Waals surface area contributed by atoms with Gasteiger partial charge in [-0.2, -0.15) is 0 Å². The van der Waals surface area contributed by atoms with E-state index in [1.807, 2.05) is 0 Å². The first-order valence-corrected chi connectivity index (χ1v) is 16.1. The first-order chi connectivity index (χ1) is 17.7. The Morgan fingerprint density at radius 1 is 1.11 bits per heavy atom. The molecule has 0 radical (unpaired) electrons. The zero-order valence-electron chi connectivity index (χ0n) is 24.3. The van der Waals surface area contributed by atoms with Crippen LogP contribution < -0.4 is 0 Å². The van der Waals surface area contributed by atoms with Crippen LogP contribution in [0.5, 0.6) is 0 Å². The van der Waals surface area contributed by atoms with Crippen LogP contribution in [0.1, 0.15) is 98.8 Å². The first kappa shape index (κ1) is 25.5. The molecule has 0 amide bonds. The number of aliphatic hydroxyl groups excluding tert-OH is 1.